The van der Waals surface area contributed by atoms with E-state index in [1.54, 1.807) is 25.4 Å². The van der Waals surface area contributed by atoms with Crippen LogP contribution in [0.5, 0.6) is 0 Å². The highest BCUT2D eigenvalue weighted by atomic mass is 19.1. The van der Waals surface area contributed by atoms with Gasteiger partial charge in [0.25, 0.3) is 0 Å². The number of rotatable bonds is 2. The molecule has 0 aliphatic heterocycles. The quantitative estimate of drug-likeness (QED) is 0.627. The van der Waals surface area contributed by atoms with Gasteiger partial charge in [0.1, 0.15) is 0 Å². The Hall–Kier alpha value is -0.990. The van der Waals surface area contributed by atoms with Crippen LogP contribution in [0.4, 0.5) is 4.39 Å². The van der Waals surface area contributed by atoms with Crippen molar-refractivity contribution in [1.29, 1.82) is 0 Å². The lowest BCUT2D eigenvalue weighted by Crippen LogP contribution is -1.95. The average Bonchev–Trinajstić information content (AvgIpc) is 2.05. The predicted molar refractivity (Wildman–Crippen MR) is 36.2 cm³/mol. The molecule has 1 aromatic heterocycles. The maximum atomic E-state index is 12.7. The summed E-state index contributed by atoms with van der Waals surface area (Å²) in [6.07, 6.45) is 2.51. The van der Waals surface area contributed by atoms with Crippen molar-refractivity contribution in [1.82, 2.24) is 9.97 Å². The minimum Gasteiger partial charge on any atom is -0.239 e. The second-order valence-electron chi connectivity index (χ2n) is 1.98. The Morgan fingerprint density at radius 2 is 2.10 bits per heavy atom. The Morgan fingerprint density at radius 3 is 2.60 bits per heavy atom. The van der Waals surface area contributed by atoms with Gasteiger partial charge in [0.05, 0.1) is 0 Å². The van der Waals surface area contributed by atoms with Crippen LogP contribution >= 0.6 is 0 Å². The number of hydrogen-bond acceptors (Lipinski definition) is 2. The van der Waals surface area contributed by atoms with Gasteiger partial charge in [-0.2, -0.15) is 0 Å². The lowest BCUT2D eigenvalue weighted by atomic mass is 10.3. The summed E-state index contributed by atoms with van der Waals surface area (Å²) in [4.78, 5) is 7.53. The summed E-state index contributed by atoms with van der Waals surface area (Å²) in [6, 6.07) is 1.67. The molecule has 1 atom stereocenters. The Bertz CT molecular complexity index is 188. The number of aromatic nitrogens is 2. The van der Waals surface area contributed by atoms with E-state index in [-0.39, 0.29) is 5.82 Å². The van der Waals surface area contributed by atoms with Gasteiger partial charge in [-0.15, -0.1) is 0 Å². The first-order valence-electron chi connectivity index (χ1n) is 3.25. The molecule has 1 rings (SSSR count). The monoisotopic (exact) mass is 140 g/mol. The van der Waals surface area contributed by atoms with Gasteiger partial charge in [0, 0.05) is 12.4 Å². The molecule has 1 aromatic rings. The van der Waals surface area contributed by atoms with Gasteiger partial charge in [0.2, 0.25) is 0 Å². The molecule has 0 aliphatic rings. The summed E-state index contributed by atoms with van der Waals surface area (Å²) in [5.74, 6) is 0.282. The third-order valence-corrected chi connectivity index (χ3v) is 1.22. The van der Waals surface area contributed by atoms with Crippen molar-refractivity contribution in [3.63, 3.8) is 0 Å². The molecule has 0 bridgehead atoms. The maximum Gasteiger partial charge on any atom is 0.162 e. The third kappa shape index (κ3) is 1.50. The van der Waals surface area contributed by atoms with Gasteiger partial charge in [0.15, 0.2) is 12.0 Å². The number of halogens is 1. The molecule has 0 aliphatic carbocycles. The first-order chi connectivity index (χ1) is 4.84. The fourth-order valence-electron chi connectivity index (χ4n) is 0.655. The van der Waals surface area contributed by atoms with Crippen LogP contribution < -0.4 is 0 Å². The van der Waals surface area contributed by atoms with Crippen LogP contribution in [0.1, 0.15) is 25.3 Å². The molecule has 54 valence electrons. The molecule has 0 radical (unpaired) electrons. The van der Waals surface area contributed by atoms with E-state index in [4.69, 9.17) is 0 Å². The van der Waals surface area contributed by atoms with Crippen LogP contribution in [0, 0.1) is 0 Å². The van der Waals surface area contributed by atoms with Crippen LogP contribution in [0.3, 0.4) is 0 Å². The molecule has 0 spiro atoms. The minimum atomic E-state index is -1.01. The summed E-state index contributed by atoms with van der Waals surface area (Å²) in [5, 5.41) is 0. The highest BCUT2D eigenvalue weighted by molar-refractivity contribution is 4.91. The molecular weight excluding hydrogens is 131 g/mol. The highest BCUT2D eigenvalue weighted by Crippen LogP contribution is 2.14. The molecule has 0 saturated carbocycles. The molecule has 0 aromatic carbocycles. The second kappa shape index (κ2) is 3.25. The van der Waals surface area contributed by atoms with Crippen LogP contribution in [0.15, 0.2) is 18.5 Å². The van der Waals surface area contributed by atoms with Gasteiger partial charge < -0.3 is 0 Å². The Kier molecular flexibility index (Phi) is 2.31. The van der Waals surface area contributed by atoms with Crippen LogP contribution in [0.2, 0.25) is 0 Å². The summed E-state index contributed by atoms with van der Waals surface area (Å²) in [6.45, 7) is 1.76. The van der Waals surface area contributed by atoms with Crippen LogP contribution in [0.25, 0.3) is 0 Å². The van der Waals surface area contributed by atoms with Gasteiger partial charge in [-0.3, -0.25) is 0 Å². The molecular formula is C7H9FN2. The Labute approximate surface area is 59.1 Å². The van der Waals surface area contributed by atoms with Gasteiger partial charge >= 0.3 is 0 Å². The van der Waals surface area contributed by atoms with E-state index in [0.29, 0.717) is 6.42 Å². The molecule has 0 saturated heterocycles. The minimum absolute atomic E-state index is 0.282. The average molecular weight is 140 g/mol. The van der Waals surface area contributed by atoms with Gasteiger partial charge in [-0.1, -0.05) is 6.92 Å². The fraction of sp³-hybridized carbons (Fsp3) is 0.429. The zero-order chi connectivity index (χ0) is 7.40. The largest absolute Gasteiger partial charge is 0.239 e. The molecule has 0 N–H and O–H groups in total. The lowest BCUT2D eigenvalue weighted by Gasteiger charge is -2.00. The van der Waals surface area contributed by atoms with Crippen molar-refractivity contribution >= 4 is 0 Å². The molecule has 2 nitrogen and oxygen atoms in total. The zero-order valence-corrected chi connectivity index (χ0v) is 5.79. The Morgan fingerprint density at radius 1 is 1.50 bits per heavy atom. The molecule has 10 heavy (non-hydrogen) atoms. The van der Waals surface area contributed by atoms with Gasteiger partial charge in [-0.25, -0.2) is 14.4 Å². The van der Waals surface area contributed by atoms with Crippen LogP contribution in [-0.4, -0.2) is 9.97 Å². The van der Waals surface area contributed by atoms with E-state index in [2.05, 4.69) is 9.97 Å². The van der Waals surface area contributed by atoms with Crippen molar-refractivity contribution in [2.75, 3.05) is 0 Å². The normalized spacial score (nSPS) is 13.0. The van der Waals surface area contributed by atoms with E-state index in [0.717, 1.165) is 0 Å². The molecule has 1 unspecified atom stereocenters. The van der Waals surface area contributed by atoms with E-state index in [9.17, 15) is 4.39 Å². The first kappa shape index (κ1) is 7.12. The van der Waals surface area contributed by atoms with E-state index < -0.39 is 6.17 Å². The first-order valence-corrected chi connectivity index (χ1v) is 3.25. The van der Waals surface area contributed by atoms with E-state index in [1.807, 2.05) is 0 Å². The van der Waals surface area contributed by atoms with Crippen molar-refractivity contribution in [2.24, 2.45) is 0 Å². The Balaban J connectivity index is 2.75. The topological polar surface area (TPSA) is 25.8 Å². The molecule has 0 fully saturated rings. The summed E-state index contributed by atoms with van der Waals surface area (Å²) in [7, 11) is 0. The van der Waals surface area contributed by atoms with Gasteiger partial charge in [-0.05, 0) is 12.5 Å². The van der Waals surface area contributed by atoms with Crippen LogP contribution in [-0.2, 0) is 0 Å². The lowest BCUT2D eigenvalue weighted by molar-refractivity contribution is 0.318. The predicted octanol–water partition coefficient (Wildman–Crippen LogP) is 1.90. The second-order valence-corrected chi connectivity index (χ2v) is 1.98. The van der Waals surface area contributed by atoms with E-state index >= 15 is 0 Å². The number of alkyl halides is 1. The molecule has 1 heterocycles. The third-order valence-electron chi connectivity index (χ3n) is 1.22. The van der Waals surface area contributed by atoms with Crippen molar-refractivity contribution in [3.8, 4) is 0 Å². The molecule has 0 amide bonds. The SMILES string of the molecule is CCC(F)c1ncccn1. The number of hydrogen-bond donors (Lipinski definition) is 0. The zero-order valence-electron chi connectivity index (χ0n) is 5.79. The summed E-state index contributed by atoms with van der Waals surface area (Å²) in [5.41, 5.74) is 0. The smallest absolute Gasteiger partial charge is 0.162 e. The van der Waals surface area contributed by atoms with Crippen molar-refractivity contribution in [2.45, 2.75) is 19.5 Å². The highest BCUT2D eigenvalue weighted by Gasteiger charge is 2.07. The summed E-state index contributed by atoms with van der Waals surface area (Å²) < 4.78 is 12.7. The summed E-state index contributed by atoms with van der Waals surface area (Å²) >= 11 is 0. The maximum absolute atomic E-state index is 12.7. The fourth-order valence-corrected chi connectivity index (χ4v) is 0.655. The van der Waals surface area contributed by atoms with Crippen molar-refractivity contribution < 1.29 is 4.39 Å². The standard InChI is InChI=1S/C7H9FN2/c1-2-6(8)7-9-4-3-5-10-7/h3-6H,2H2,1H3. The van der Waals surface area contributed by atoms with E-state index in [1.165, 1.54) is 0 Å². The number of nitrogens with zero attached hydrogens (tertiary/aromatic N) is 2. The van der Waals surface area contributed by atoms with Crippen molar-refractivity contribution in [3.05, 3.63) is 24.3 Å². The molecule has 3 heteroatoms.